The highest BCUT2D eigenvalue weighted by Gasteiger charge is 2.31. The molecule has 0 bridgehead atoms. The first kappa shape index (κ1) is 16.7. The van der Waals surface area contributed by atoms with Crippen LogP contribution in [0.15, 0.2) is 12.1 Å². The normalized spacial score (nSPS) is 24.0. The molecule has 2 heterocycles. The molecule has 6 heteroatoms. The van der Waals surface area contributed by atoms with E-state index in [4.69, 9.17) is 11.6 Å². The van der Waals surface area contributed by atoms with Gasteiger partial charge in [-0.1, -0.05) is 11.6 Å². The van der Waals surface area contributed by atoms with Gasteiger partial charge >= 0.3 is 0 Å². The second-order valence-corrected chi connectivity index (χ2v) is 7.98. The molecule has 0 spiro atoms. The molecule has 2 rings (SSSR count). The maximum absolute atomic E-state index is 12.1. The van der Waals surface area contributed by atoms with E-state index < -0.39 is 0 Å². The Morgan fingerprint density at radius 1 is 1.29 bits per heavy atom. The zero-order valence-corrected chi connectivity index (χ0v) is 14.6. The lowest BCUT2D eigenvalue weighted by Crippen LogP contribution is -3.29. The van der Waals surface area contributed by atoms with E-state index in [-0.39, 0.29) is 18.0 Å². The number of quaternary nitrogens is 2. The summed E-state index contributed by atoms with van der Waals surface area (Å²) < 4.78 is 0.868. The summed E-state index contributed by atoms with van der Waals surface area (Å²) in [6.07, 6.45) is 0. The summed E-state index contributed by atoms with van der Waals surface area (Å²) in [6.45, 7) is 11.5. The van der Waals surface area contributed by atoms with Crippen LogP contribution >= 0.6 is 22.9 Å². The third-order valence-corrected chi connectivity index (χ3v) is 5.32. The van der Waals surface area contributed by atoms with Crippen molar-refractivity contribution in [2.45, 2.75) is 39.4 Å². The number of carbonyl (C=O) groups is 1. The van der Waals surface area contributed by atoms with Crippen molar-refractivity contribution in [3.63, 3.8) is 0 Å². The zero-order valence-electron chi connectivity index (χ0n) is 13.0. The number of hydrogen-bond acceptors (Lipinski definition) is 2. The molecule has 3 N–H and O–H groups in total. The van der Waals surface area contributed by atoms with Crippen molar-refractivity contribution in [3.8, 4) is 0 Å². The highest BCUT2D eigenvalue weighted by atomic mass is 35.5. The van der Waals surface area contributed by atoms with E-state index in [1.165, 1.54) is 9.78 Å². The van der Waals surface area contributed by atoms with Crippen LogP contribution in [0.5, 0.6) is 0 Å². The predicted octanol–water partition coefficient (Wildman–Crippen LogP) is -0.402. The molecule has 0 unspecified atom stereocenters. The molecule has 1 amide bonds. The molecule has 0 aliphatic carbocycles. The number of piperazine rings is 1. The summed E-state index contributed by atoms with van der Waals surface area (Å²) in [7, 11) is 0. The van der Waals surface area contributed by atoms with Crippen LogP contribution in [0.2, 0.25) is 4.34 Å². The molecule has 0 saturated carbocycles. The molecule has 1 aliphatic rings. The van der Waals surface area contributed by atoms with Crippen LogP contribution in [-0.2, 0) is 11.3 Å². The molecule has 0 aromatic carbocycles. The van der Waals surface area contributed by atoms with Crippen molar-refractivity contribution in [1.29, 1.82) is 0 Å². The van der Waals surface area contributed by atoms with Crippen LogP contribution in [0, 0.1) is 0 Å². The topological polar surface area (TPSA) is 38.0 Å². The van der Waals surface area contributed by atoms with Crippen molar-refractivity contribution in [3.05, 3.63) is 21.3 Å². The van der Waals surface area contributed by atoms with Gasteiger partial charge < -0.3 is 15.1 Å². The molecule has 1 aromatic heterocycles. The summed E-state index contributed by atoms with van der Waals surface area (Å²) in [5, 5.41) is 3.01. The van der Waals surface area contributed by atoms with Crippen LogP contribution in [0.4, 0.5) is 0 Å². The molecule has 1 fully saturated rings. The third kappa shape index (κ3) is 4.95. The van der Waals surface area contributed by atoms with Crippen LogP contribution in [0.3, 0.4) is 0 Å². The summed E-state index contributed by atoms with van der Waals surface area (Å²) in [5.41, 5.74) is 0. The lowest BCUT2D eigenvalue weighted by molar-refractivity contribution is -1.02. The van der Waals surface area contributed by atoms with Gasteiger partial charge in [0.2, 0.25) is 0 Å². The van der Waals surface area contributed by atoms with Gasteiger partial charge in [-0.25, -0.2) is 0 Å². The van der Waals surface area contributed by atoms with Crippen molar-refractivity contribution in [1.82, 2.24) is 5.32 Å². The van der Waals surface area contributed by atoms with Crippen molar-refractivity contribution in [2.24, 2.45) is 0 Å². The Labute approximate surface area is 136 Å². The van der Waals surface area contributed by atoms with Gasteiger partial charge in [-0.15, -0.1) is 11.3 Å². The number of rotatable bonds is 5. The van der Waals surface area contributed by atoms with E-state index in [0.717, 1.165) is 37.1 Å². The summed E-state index contributed by atoms with van der Waals surface area (Å²) in [5.74, 6) is 0.175. The lowest BCUT2D eigenvalue weighted by atomic mass is 10.2. The third-order valence-electron chi connectivity index (χ3n) is 4.09. The van der Waals surface area contributed by atoms with Gasteiger partial charge in [0, 0.05) is 6.04 Å². The first-order valence-corrected chi connectivity index (χ1v) is 8.88. The fraction of sp³-hybridized carbons (Fsp3) is 0.667. The molecule has 1 aliphatic heterocycles. The number of hydrogen-bond donors (Lipinski definition) is 3. The number of amides is 1. The van der Waals surface area contributed by atoms with Crippen LogP contribution in [0.25, 0.3) is 0 Å². The zero-order chi connectivity index (χ0) is 15.4. The highest BCUT2D eigenvalue weighted by Crippen LogP contribution is 2.20. The fourth-order valence-electron chi connectivity index (χ4n) is 2.82. The van der Waals surface area contributed by atoms with Crippen molar-refractivity contribution in [2.75, 3.05) is 26.2 Å². The molecule has 118 valence electrons. The summed E-state index contributed by atoms with van der Waals surface area (Å²) in [4.78, 5) is 16.4. The van der Waals surface area contributed by atoms with Crippen LogP contribution < -0.4 is 15.1 Å². The van der Waals surface area contributed by atoms with Crippen molar-refractivity contribution < 1.29 is 14.6 Å². The largest absolute Gasteiger partial charge is 0.349 e. The Hall–Kier alpha value is -0.620. The maximum Gasteiger partial charge on any atom is 0.278 e. The van der Waals surface area contributed by atoms with Gasteiger partial charge in [0.1, 0.15) is 32.7 Å². The molecule has 4 nitrogen and oxygen atoms in total. The highest BCUT2D eigenvalue weighted by molar-refractivity contribution is 7.16. The van der Waals surface area contributed by atoms with Gasteiger partial charge in [-0.05, 0) is 32.9 Å². The average molecular weight is 332 g/mol. The monoisotopic (exact) mass is 331 g/mol. The maximum atomic E-state index is 12.1. The molecule has 1 saturated heterocycles. The number of carbonyl (C=O) groups excluding carboxylic acids is 1. The molecule has 1 atom stereocenters. The molecule has 0 radical (unpaired) electrons. The standard InChI is InChI=1S/C15H24ClN3OS/c1-11(2)17-15(20)12(3)19-8-6-18(7-9-19)10-13-4-5-14(16)21-13/h4-5,11-12H,6-10H2,1-3H3,(H,17,20)/p+2/t12-/m1/s1. The second-order valence-electron chi connectivity index (χ2n) is 6.18. The Bertz CT molecular complexity index is 469. The van der Waals surface area contributed by atoms with Crippen molar-refractivity contribution >= 4 is 28.8 Å². The SMILES string of the molecule is CC(C)NC(=O)[C@@H](C)[NH+]1CC[NH+](Cc2ccc(Cl)s2)CC1. The van der Waals surface area contributed by atoms with E-state index in [1.54, 1.807) is 16.2 Å². The lowest BCUT2D eigenvalue weighted by Gasteiger charge is -2.32. The van der Waals surface area contributed by atoms with E-state index in [1.807, 2.05) is 26.8 Å². The van der Waals surface area contributed by atoms with Crippen LogP contribution in [0.1, 0.15) is 25.6 Å². The van der Waals surface area contributed by atoms with E-state index in [9.17, 15) is 4.79 Å². The minimum absolute atomic E-state index is 0.0464. The molecule has 21 heavy (non-hydrogen) atoms. The second kappa shape index (κ2) is 7.58. The molecule has 1 aromatic rings. The van der Waals surface area contributed by atoms with E-state index in [0.29, 0.717) is 0 Å². The predicted molar refractivity (Wildman–Crippen MR) is 87.2 cm³/mol. The van der Waals surface area contributed by atoms with Gasteiger partial charge in [0.05, 0.1) is 9.21 Å². The molecular weight excluding hydrogens is 306 g/mol. The summed E-state index contributed by atoms with van der Waals surface area (Å²) >= 11 is 7.65. The number of thiophene rings is 1. The molecular formula is C15H26ClN3OS+2. The first-order valence-electron chi connectivity index (χ1n) is 7.68. The quantitative estimate of drug-likeness (QED) is 0.675. The van der Waals surface area contributed by atoms with E-state index >= 15 is 0 Å². The Kier molecular flexibility index (Phi) is 6.05. The van der Waals surface area contributed by atoms with Gasteiger partial charge in [0.25, 0.3) is 5.91 Å². The first-order chi connectivity index (χ1) is 9.95. The minimum Gasteiger partial charge on any atom is -0.349 e. The number of halogens is 1. The smallest absolute Gasteiger partial charge is 0.278 e. The summed E-state index contributed by atoms with van der Waals surface area (Å²) in [6, 6.07) is 4.36. The minimum atomic E-state index is 0.0464. The Morgan fingerprint density at radius 2 is 1.95 bits per heavy atom. The van der Waals surface area contributed by atoms with E-state index in [2.05, 4.69) is 11.4 Å². The van der Waals surface area contributed by atoms with Crippen LogP contribution in [-0.4, -0.2) is 44.2 Å². The Morgan fingerprint density at radius 3 is 2.48 bits per heavy atom. The Balaban J connectivity index is 1.78. The number of nitrogens with one attached hydrogen (secondary N) is 3. The fourth-order valence-corrected chi connectivity index (χ4v) is 3.98. The average Bonchev–Trinajstić information content (AvgIpc) is 2.83. The van der Waals surface area contributed by atoms with Gasteiger partial charge in [-0.3, -0.25) is 4.79 Å². The van der Waals surface area contributed by atoms with Gasteiger partial charge in [0.15, 0.2) is 6.04 Å². The van der Waals surface area contributed by atoms with Gasteiger partial charge in [-0.2, -0.15) is 0 Å².